The molecule has 0 bridgehead atoms. The number of rotatable bonds is 10. The largest absolute Gasteiger partial charge is 0.493 e. The molecule has 8 nitrogen and oxygen atoms in total. The molecule has 2 aromatic rings. The zero-order valence-electron chi connectivity index (χ0n) is 18.2. The van der Waals surface area contributed by atoms with E-state index in [0.29, 0.717) is 42.9 Å². The van der Waals surface area contributed by atoms with Crippen LogP contribution >= 0.6 is 0 Å². The van der Waals surface area contributed by atoms with E-state index in [0.717, 1.165) is 35.4 Å². The van der Waals surface area contributed by atoms with Crippen LogP contribution in [0.1, 0.15) is 43.4 Å². The zero-order chi connectivity index (χ0) is 21.2. The third kappa shape index (κ3) is 5.56. The molecular weight excluding hydrogens is 372 g/mol. The molecule has 0 amide bonds. The fraction of sp³-hybridized carbons (Fsp3) is 0.524. The Kier molecular flexibility index (Phi) is 8.64. The molecule has 2 rings (SSSR count). The second kappa shape index (κ2) is 11.2. The van der Waals surface area contributed by atoms with Crippen LogP contribution < -0.4 is 24.8 Å². The minimum absolute atomic E-state index is 0.531. The van der Waals surface area contributed by atoms with E-state index >= 15 is 0 Å². The predicted molar refractivity (Wildman–Crippen MR) is 113 cm³/mol. The lowest BCUT2D eigenvalue weighted by atomic mass is 10.1. The first kappa shape index (κ1) is 22.4. The Hall–Kier alpha value is -2.90. The van der Waals surface area contributed by atoms with Crippen LogP contribution in [0, 0.1) is 0 Å². The zero-order valence-corrected chi connectivity index (χ0v) is 18.2. The van der Waals surface area contributed by atoms with E-state index in [2.05, 4.69) is 34.6 Å². The van der Waals surface area contributed by atoms with Gasteiger partial charge in [-0.2, -0.15) is 0 Å². The van der Waals surface area contributed by atoms with Gasteiger partial charge in [0.25, 0.3) is 0 Å². The first-order valence-corrected chi connectivity index (χ1v) is 9.90. The maximum Gasteiger partial charge on any atom is 0.203 e. The molecule has 0 saturated heterocycles. The van der Waals surface area contributed by atoms with Crippen molar-refractivity contribution in [2.24, 2.45) is 4.99 Å². The highest BCUT2D eigenvalue weighted by Crippen LogP contribution is 2.38. The van der Waals surface area contributed by atoms with Gasteiger partial charge in [0.05, 0.1) is 26.5 Å². The van der Waals surface area contributed by atoms with Gasteiger partial charge >= 0.3 is 0 Å². The van der Waals surface area contributed by atoms with Crippen LogP contribution in [0.4, 0.5) is 0 Å². The Morgan fingerprint density at radius 3 is 2.21 bits per heavy atom. The summed E-state index contributed by atoms with van der Waals surface area (Å²) in [5.41, 5.74) is 3.06. The van der Waals surface area contributed by atoms with Gasteiger partial charge in [-0.1, -0.05) is 19.0 Å². The smallest absolute Gasteiger partial charge is 0.203 e. The van der Waals surface area contributed by atoms with Crippen molar-refractivity contribution in [2.75, 3.05) is 27.9 Å². The fourth-order valence-electron chi connectivity index (χ4n) is 3.04. The number of nitrogens with zero attached hydrogens (tertiary/aromatic N) is 2. The molecule has 0 saturated carbocycles. The lowest BCUT2D eigenvalue weighted by Gasteiger charge is -2.16. The first-order chi connectivity index (χ1) is 14.1. The molecule has 0 spiro atoms. The van der Waals surface area contributed by atoms with E-state index in [9.17, 15) is 0 Å². The van der Waals surface area contributed by atoms with Gasteiger partial charge in [-0.05, 0) is 31.0 Å². The number of aromatic nitrogens is 1. The molecule has 2 N–H and O–H groups in total. The molecule has 1 heterocycles. The average molecular weight is 405 g/mol. The standard InChI is InChI=1S/C21H32N4O4/c1-7-16-15(17(8-2)29-25-16)13-24-21(22-4)23-12-14-10-18(26-5)20(28-9-3)19(11-14)27-6/h10-11H,7-9,12-13H2,1-6H3,(H2,22,23,24). The molecule has 0 aliphatic carbocycles. The van der Waals surface area contributed by atoms with Crippen LogP contribution in [-0.4, -0.2) is 39.0 Å². The molecule has 1 aromatic carbocycles. The number of aryl methyl sites for hydroxylation is 2. The van der Waals surface area contributed by atoms with Crippen molar-refractivity contribution in [3.63, 3.8) is 0 Å². The topological polar surface area (TPSA) is 90.1 Å². The third-order valence-electron chi connectivity index (χ3n) is 4.53. The monoisotopic (exact) mass is 404 g/mol. The number of benzene rings is 1. The van der Waals surface area contributed by atoms with E-state index in [1.807, 2.05) is 19.1 Å². The number of hydrogen-bond donors (Lipinski definition) is 2. The van der Waals surface area contributed by atoms with E-state index in [1.165, 1.54) is 0 Å². The summed E-state index contributed by atoms with van der Waals surface area (Å²) in [7, 11) is 4.97. The number of ether oxygens (including phenoxy) is 3. The van der Waals surface area contributed by atoms with Crippen LogP contribution in [0.15, 0.2) is 21.6 Å². The minimum Gasteiger partial charge on any atom is -0.493 e. The fourth-order valence-corrected chi connectivity index (χ4v) is 3.04. The highest BCUT2D eigenvalue weighted by molar-refractivity contribution is 5.79. The van der Waals surface area contributed by atoms with Crippen LogP contribution in [0.25, 0.3) is 0 Å². The van der Waals surface area contributed by atoms with Gasteiger partial charge in [0.15, 0.2) is 17.5 Å². The molecule has 29 heavy (non-hydrogen) atoms. The molecule has 0 fully saturated rings. The van der Waals surface area contributed by atoms with Crippen molar-refractivity contribution >= 4 is 5.96 Å². The van der Waals surface area contributed by atoms with Crippen molar-refractivity contribution in [3.8, 4) is 17.2 Å². The molecule has 0 atom stereocenters. The van der Waals surface area contributed by atoms with Crippen molar-refractivity contribution in [1.82, 2.24) is 15.8 Å². The number of nitrogens with one attached hydrogen (secondary N) is 2. The van der Waals surface area contributed by atoms with Gasteiger partial charge in [-0.3, -0.25) is 4.99 Å². The van der Waals surface area contributed by atoms with Crippen molar-refractivity contribution in [3.05, 3.63) is 34.7 Å². The normalized spacial score (nSPS) is 11.3. The van der Waals surface area contributed by atoms with E-state index in [-0.39, 0.29) is 0 Å². The second-order valence-corrected chi connectivity index (χ2v) is 6.28. The van der Waals surface area contributed by atoms with Crippen LogP contribution in [0.5, 0.6) is 17.2 Å². The lowest BCUT2D eigenvalue weighted by Crippen LogP contribution is -2.36. The van der Waals surface area contributed by atoms with E-state index in [1.54, 1.807) is 21.3 Å². The summed E-state index contributed by atoms with van der Waals surface area (Å²) in [4.78, 5) is 4.30. The number of aliphatic imine (C=N–C) groups is 1. The first-order valence-electron chi connectivity index (χ1n) is 9.90. The molecule has 0 aliphatic rings. The third-order valence-corrected chi connectivity index (χ3v) is 4.53. The Morgan fingerprint density at radius 1 is 1.03 bits per heavy atom. The number of methoxy groups -OCH3 is 2. The van der Waals surface area contributed by atoms with Gasteiger partial charge in [0.2, 0.25) is 5.75 Å². The Labute approximate surface area is 172 Å². The summed E-state index contributed by atoms with van der Waals surface area (Å²) in [6.07, 6.45) is 1.64. The maximum absolute atomic E-state index is 5.65. The molecule has 0 radical (unpaired) electrons. The summed E-state index contributed by atoms with van der Waals surface area (Å²) in [5, 5.41) is 10.8. The van der Waals surface area contributed by atoms with Crippen molar-refractivity contribution in [1.29, 1.82) is 0 Å². The maximum atomic E-state index is 5.65. The van der Waals surface area contributed by atoms with Gasteiger partial charge in [-0.15, -0.1) is 0 Å². The average Bonchev–Trinajstić information content (AvgIpc) is 3.16. The van der Waals surface area contributed by atoms with E-state index in [4.69, 9.17) is 18.7 Å². The van der Waals surface area contributed by atoms with Gasteiger partial charge in [0, 0.05) is 32.1 Å². The SMILES string of the molecule is CCOc1c(OC)cc(CNC(=NC)NCc2c(CC)noc2CC)cc1OC. The molecule has 0 unspecified atom stereocenters. The van der Waals surface area contributed by atoms with Crippen LogP contribution in [-0.2, 0) is 25.9 Å². The van der Waals surface area contributed by atoms with Gasteiger partial charge in [0.1, 0.15) is 5.76 Å². The highest BCUT2D eigenvalue weighted by atomic mass is 16.5. The molecule has 1 aromatic heterocycles. The molecule has 160 valence electrons. The second-order valence-electron chi connectivity index (χ2n) is 6.28. The van der Waals surface area contributed by atoms with Crippen LogP contribution in [0.2, 0.25) is 0 Å². The summed E-state index contributed by atoms with van der Waals surface area (Å²) in [6, 6.07) is 3.86. The van der Waals surface area contributed by atoms with Crippen LogP contribution in [0.3, 0.4) is 0 Å². The molecular formula is C21H32N4O4. The predicted octanol–water partition coefficient (Wildman–Crippen LogP) is 3.08. The minimum atomic E-state index is 0.531. The Morgan fingerprint density at radius 2 is 1.69 bits per heavy atom. The lowest BCUT2D eigenvalue weighted by molar-refractivity contribution is 0.288. The van der Waals surface area contributed by atoms with Crippen molar-refractivity contribution in [2.45, 2.75) is 46.7 Å². The summed E-state index contributed by atoms with van der Waals surface area (Å²) >= 11 is 0. The van der Waals surface area contributed by atoms with E-state index < -0.39 is 0 Å². The highest BCUT2D eigenvalue weighted by Gasteiger charge is 2.15. The molecule has 8 heteroatoms. The Bertz CT molecular complexity index is 771. The summed E-state index contributed by atoms with van der Waals surface area (Å²) in [6.45, 7) is 7.73. The Balaban J connectivity index is 2.07. The number of hydrogen-bond acceptors (Lipinski definition) is 6. The summed E-state index contributed by atoms with van der Waals surface area (Å²) in [5.74, 6) is 3.47. The number of guanidine groups is 1. The quantitative estimate of drug-likeness (QED) is 0.464. The van der Waals surface area contributed by atoms with Gasteiger partial charge < -0.3 is 29.4 Å². The van der Waals surface area contributed by atoms with Gasteiger partial charge in [-0.25, -0.2) is 0 Å². The van der Waals surface area contributed by atoms with Crippen molar-refractivity contribution < 1.29 is 18.7 Å². The summed E-state index contributed by atoms with van der Waals surface area (Å²) < 4.78 is 22.0. The molecule has 0 aliphatic heterocycles.